The van der Waals surface area contributed by atoms with Gasteiger partial charge in [0.15, 0.2) is 0 Å². The number of likely N-dealkylation sites (tertiary alicyclic amines) is 2. The second-order valence-corrected chi connectivity index (χ2v) is 9.52. The fourth-order valence-electron chi connectivity index (χ4n) is 4.99. The summed E-state index contributed by atoms with van der Waals surface area (Å²) in [4.78, 5) is 26.4. The Kier molecular flexibility index (Phi) is 8.43. The standard InChI is InChI=1S/C20H34N2O3.C2HF3O2/c1-21-18(15-25-14-16-2-3-16)4-7-20(21)8-10-22(11-9-20)19(23)17-5-12-24-13-6-17;3-2(4,5)1(6)7/h16-18H,2-15H2,1H3;(H,6,7). The van der Waals surface area contributed by atoms with E-state index in [1.165, 1.54) is 25.7 Å². The lowest BCUT2D eigenvalue weighted by atomic mass is 9.84. The summed E-state index contributed by atoms with van der Waals surface area (Å²) >= 11 is 0. The van der Waals surface area contributed by atoms with Gasteiger partial charge in [-0.25, -0.2) is 4.79 Å². The molecule has 10 heteroatoms. The Bertz CT molecular complexity index is 642. The number of alkyl halides is 3. The number of ether oxygens (including phenoxy) is 2. The van der Waals surface area contributed by atoms with Gasteiger partial charge >= 0.3 is 12.1 Å². The van der Waals surface area contributed by atoms with Crippen LogP contribution in [0.1, 0.15) is 51.4 Å². The van der Waals surface area contributed by atoms with Crippen LogP contribution in [0, 0.1) is 11.8 Å². The minimum absolute atomic E-state index is 0.202. The molecule has 3 saturated heterocycles. The lowest BCUT2D eigenvalue weighted by Gasteiger charge is -2.45. The molecule has 0 radical (unpaired) electrons. The first kappa shape index (κ1) is 25.2. The normalized spacial score (nSPS) is 26.6. The lowest BCUT2D eigenvalue weighted by Crippen LogP contribution is -2.55. The molecule has 1 N–H and O–H groups in total. The van der Waals surface area contributed by atoms with Crippen molar-refractivity contribution in [1.82, 2.24) is 9.80 Å². The number of carbonyl (C=O) groups excluding carboxylic acids is 1. The number of carboxylic acid groups (broad SMARTS) is 1. The first-order valence-electron chi connectivity index (χ1n) is 11.6. The van der Waals surface area contributed by atoms with E-state index in [9.17, 15) is 18.0 Å². The molecule has 7 nitrogen and oxygen atoms in total. The van der Waals surface area contributed by atoms with E-state index in [-0.39, 0.29) is 5.92 Å². The molecular weight excluding hydrogens is 429 g/mol. The monoisotopic (exact) mass is 464 g/mol. The summed E-state index contributed by atoms with van der Waals surface area (Å²) < 4.78 is 43.1. The molecule has 1 aliphatic carbocycles. The second kappa shape index (κ2) is 10.7. The van der Waals surface area contributed by atoms with Crippen LogP contribution in [0.4, 0.5) is 13.2 Å². The van der Waals surface area contributed by atoms with Crippen molar-refractivity contribution in [2.45, 2.75) is 69.1 Å². The number of hydrogen-bond donors (Lipinski definition) is 1. The Labute approximate surface area is 187 Å². The van der Waals surface area contributed by atoms with Crippen LogP contribution >= 0.6 is 0 Å². The molecule has 4 fully saturated rings. The molecule has 3 heterocycles. The summed E-state index contributed by atoms with van der Waals surface area (Å²) in [7, 11) is 2.29. The number of nitrogens with zero attached hydrogens (tertiary/aromatic N) is 2. The van der Waals surface area contributed by atoms with E-state index < -0.39 is 12.1 Å². The molecule has 1 atom stereocenters. The van der Waals surface area contributed by atoms with Crippen LogP contribution in [0.15, 0.2) is 0 Å². The third-order valence-corrected chi connectivity index (χ3v) is 7.42. The molecule has 0 aromatic rings. The van der Waals surface area contributed by atoms with Crippen molar-refractivity contribution in [2.75, 3.05) is 46.6 Å². The van der Waals surface area contributed by atoms with Crippen LogP contribution in [-0.2, 0) is 19.1 Å². The molecule has 3 aliphatic heterocycles. The Morgan fingerprint density at radius 1 is 1.03 bits per heavy atom. The zero-order valence-corrected chi connectivity index (χ0v) is 18.7. The summed E-state index contributed by atoms with van der Waals surface area (Å²) in [6.45, 7) is 5.20. The van der Waals surface area contributed by atoms with E-state index >= 15 is 0 Å². The van der Waals surface area contributed by atoms with E-state index in [1.807, 2.05) is 0 Å². The van der Waals surface area contributed by atoms with Gasteiger partial charge < -0.3 is 19.5 Å². The Balaban J connectivity index is 0.000000360. The minimum atomic E-state index is -5.08. The largest absolute Gasteiger partial charge is 0.490 e. The number of aliphatic carboxylic acids is 1. The van der Waals surface area contributed by atoms with Gasteiger partial charge in [0.2, 0.25) is 5.91 Å². The third-order valence-electron chi connectivity index (χ3n) is 7.42. The highest BCUT2D eigenvalue weighted by Crippen LogP contribution is 2.41. The highest BCUT2D eigenvalue weighted by atomic mass is 19.4. The first-order valence-corrected chi connectivity index (χ1v) is 11.6. The van der Waals surface area contributed by atoms with Crippen molar-refractivity contribution in [3.63, 3.8) is 0 Å². The topological polar surface area (TPSA) is 79.3 Å². The zero-order valence-electron chi connectivity index (χ0n) is 18.7. The highest BCUT2D eigenvalue weighted by Gasteiger charge is 2.46. The van der Waals surface area contributed by atoms with Crippen molar-refractivity contribution >= 4 is 11.9 Å². The number of carboxylic acids is 1. The number of carbonyl (C=O) groups is 2. The van der Waals surface area contributed by atoms with Gasteiger partial charge in [-0.05, 0) is 64.3 Å². The Hall–Kier alpha value is -1.39. The lowest BCUT2D eigenvalue weighted by molar-refractivity contribution is -0.192. The molecule has 184 valence electrons. The van der Waals surface area contributed by atoms with Gasteiger partial charge in [0.1, 0.15) is 0 Å². The van der Waals surface area contributed by atoms with E-state index in [2.05, 4.69) is 16.8 Å². The predicted molar refractivity (Wildman–Crippen MR) is 110 cm³/mol. The molecule has 0 aromatic carbocycles. The van der Waals surface area contributed by atoms with Crippen molar-refractivity contribution in [3.05, 3.63) is 0 Å². The molecule has 0 bridgehead atoms. The maximum absolute atomic E-state index is 12.8. The van der Waals surface area contributed by atoms with E-state index in [1.54, 1.807) is 0 Å². The van der Waals surface area contributed by atoms with Crippen LogP contribution in [0.2, 0.25) is 0 Å². The van der Waals surface area contributed by atoms with Crippen molar-refractivity contribution < 1.29 is 37.3 Å². The maximum Gasteiger partial charge on any atom is 0.490 e. The van der Waals surface area contributed by atoms with E-state index in [0.717, 1.165) is 71.1 Å². The number of halogens is 3. The van der Waals surface area contributed by atoms with Crippen molar-refractivity contribution in [2.24, 2.45) is 11.8 Å². The number of piperidine rings is 1. The fourth-order valence-corrected chi connectivity index (χ4v) is 4.99. The minimum Gasteiger partial charge on any atom is -0.475 e. The van der Waals surface area contributed by atoms with Crippen molar-refractivity contribution in [1.29, 1.82) is 0 Å². The van der Waals surface area contributed by atoms with E-state index in [4.69, 9.17) is 19.4 Å². The van der Waals surface area contributed by atoms with Gasteiger partial charge in [0.05, 0.1) is 6.61 Å². The second-order valence-electron chi connectivity index (χ2n) is 9.52. The SMILES string of the molecule is CN1C(COCC2CC2)CCC12CCN(C(=O)C1CCOCC1)CC2.O=C(O)C(F)(F)F. The van der Waals surface area contributed by atoms with Crippen LogP contribution in [-0.4, -0.2) is 91.1 Å². The summed E-state index contributed by atoms with van der Waals surface area (Å²) in [6, 6.07) is 0.566. The number of amides is 1. The molecule has 4 aliphatic rings. The summed E-state index contributed by atoms with van der Waals surface area (Å²) in [6.07, 6.45) is 4.20. The van der Waals surface area contributed by atoms with E-state index in [0.29, 0.717) is 17.5 Å². The van der Waals surface area contributed by atoms with Crippen molar-refractivity contribution in [3.8, 4) is 0 Å². The molecule has 1 saturated carbocycles. The van der Waals surface area contributed by atoms with Gasteiger partial charge in [-0.1, -0.05) is 0 Å². The number of rotatable bonds is 5. The first-order chi connectivity index (χ1) is 15.1. The molecule has 4 rings (SSSR count). The Morgan fingerprint density at radius 3 is 2.16 bits per heavy atom. The van der Waals surface area contributed by atoms with Gasteiger partial charge in [-0.2, -0.15) is 13.2 Å². The zero-order chi connectivity index (χ0) is 23.4. The molecule has 32 heavy (non-hydrogen) atoms. The van der Waals surface area contributed by atoms with Crippen LogP contribution < -0.4 is 0 Å². The van der Waals surface area contributed by atoms with Crippen LogP contribution in [0.5, 0.6) is 0 Å². The van der Waals surface area contributed by atoms with Gasteiger partial charge in [0, 0.05) is 50.4 Å². The predicted octanol–water partition coefficient (Wildman–Crippen LogP) is 2.93. The molecule has 1 amide bonds. The molecular formula is C22H35F3N2O5. The average molecular weight is 465 g/mol. The quantitative estimate of drug-likeness (QED) is 0.674. The molecule has 1 unspecified atom stereocenters. The highest BCUT2D eigenvalue weighted by molar-refractivity contribution is 5.79. The maximum atomic E-state index is 12.8. The smallest absolute Gasteiger partial charge is 0.475 e. The third kappa shape index (κ3) is 6.57. The average Bonchev–Trinajstić information content (AvgIpc) is 3.55. The summed E-state index contributed by atoms with van der Waals surface area (Å²) in [5, 5.41) is 7.12. The molecule has 0 aromatic heterocycles. The van der Waals surface area contributed by atoms with Gasteiger partial charge in [0.25, 0.3) is 0 Å². The van der Waals surface area contributed by atoms with Crippen LogP contribution in [0.3, 0.4) is 0 Å². The van der Waals surface area contributed by atoms with Crippen LogP contribution in [0.25, 0.3) is 0 Å². The number of hydrogen-bond acceptors (Lipinski definition) is 5. The summed E-state index contributed by atoms with van der Waals surface area (Å²) in [5.74, 6) is -1.33. The van der Waals surface area contributed by atoms with Gasteiger partial charge in [-0.3, -0.25) is 9.69 Å². The summed E-state index contributed by atoms with van der Waals surface area (Å²) in [5.41, 5.74) is 0.306. The Morgan fingerprint density at radius 2 is 1.62 bits per heavy atom. The molecule has 1 spiro atoms. The fraction of sp³-hybridized carbons (Fsp3) is 0.909. The van der Waals surface area contributed by atoms with Gasteiger partial charge in [-0.15, -0.1) is 0 Å². The number of likely N-dealkylation sites (N-methyl/N-ethyl adjacent to an activating group) is 1.